The fourth-order valence-electron chi connectivity index (χ4n) is 0.737. The molecule has 0 bridgehead atoms. The Bertz CT molecular complexity index is 298. The monoisotopic (exact) mass is 202 g/mol. The van der Waals surface area contributed by atoms with Crippen LogP contribution in [0.2, 0.25) is 0 Å². The third-order valence-corrected chi connectivity index (χ3v) is 2.02. The summed E-state index contributed by atoms with van der Waals surface area (Å²) in [6.07, 6.45) is 0. The zero-order chi connectivity index (χ0) is 9.84. The lowest BCUT2D eigenvalue weighted by Gasteiger charge is -2.04. The molecule has 1 N–H and O–H groups in total. The molecule has 0 aliphatic carbocycles. The number of amides is 1. The van der Waals surface area contributed by atoms with Gasteiger partial charge in [-0.2, -0.15) is 0 Å². The zero-order valence-corrected chi connectivity index (χ0v) is 8.26. The number of halogens is 1. The van der Waals surface area contributed by atoms with E-state index in [0.29, 0.717) is 11.8 Å². The molecule has 1 aromatic rings. The fraction of sp³-hybridized carbons (Fsp3) is 0.500. The summed E-state index contributed by atoms with van der Waals surface area (Å²) in [6, 6.07) is 1.65. The average Bonchev–Trinajstić information content (AvgIpc) is 2.49. The van der Waals surface area contributed by atoms with Crippen molar-refractivity contribution in [2.24, 2.45) is 5.92 Å². The van der Waals surface area contributed by atoms with Gasteiger partial charge in [0.25, 0.3) is 0 Å². The van der Waals surface area contributed by atoms with Crippen molar-refractivity contribution in [3.8, 4) is 0 Å². The second-order valence-corrected chi connectivity index (χ2v) is 3.19. The summed E-state index contributed by atoms with van der Waals surface area (Å²) in [5.41, 5.74) is 0.730. The standard InChI is InChI=1S/C8H11ClN2O2/c1-5(4-9)8(12)10-7-3-6(2)11-13-7/h3,5H,4H2,1-2H3,(H,10,12). The van der Waals surface area contributed by atoms with Gasteiger partial charge in [0, 0.05) is 17.9 Å². The molecule has 0 aliphatic rings. The van der Waals surface area contributed by atoms with Gasteiger partial charge in [-0.05, 0) is 6.92 Å². The van der Waals surface area contributed by atoms with Crippen LogP contribution in [-0.4, -0.2) is 16.9 Å². The summed E-state index contributed by atoms with van der Waals surface area (Å²) in [4.78, 5) is 11.3. The number of hydrogen-bond donors (Lipinski definition) is 1. The Kier molecular flexibility index (Phi) is 3.31. The predicted molar refractivity (Wildman–Crippen MR) is 49.8 cm³/mol. The Labute approximate surface area is 81.2 Å². The molecule has 0 aliphatic heterocycles. The number of rotatable bonds is 3. The maximum Gasteiger partial charge on any atom is 0.231 e. The number of carbonyl (C=O) groups is 1. The highest BCUT2D eigenvalue weighted by Crippen LogP contribution is 2.10. The molecule has 13 heavy (non-hydrogen) atoms. The number of hydrogen-bond acceptors (Lipinski definition) is 3. The van der Waals surface area contributed by atoms with E-state index in [-0.39, 0.29) is 11.8 Å². The Balaban J connectivity index is 2.54. The third kappa shape index (κ3) is 2.73. The second-order valence-electron chi connectivity index (χ2n) is 2.88. The normalized spacial score (nSPS) is 12.5. The zero-order valence-electron chi connectivity index (χ0n) is 7.50. The number of nitrogens with one attached hydrogen (secondary N) is 1. The van der Waals surface area contributed by atoms with Crippen LogP contribution in [0.4, 0.5) is 5.88 Å². The number of aryl methyl sites for hydroxylation is 1. The minimum absolute atomic E-state index is 0.161. The molecule has 4 nitrogen and oxygen atoms in total. The molecule has 1 unspecified atom stereocenters. The molecular weight excluding hydrogens is 192 g/mol. The van der Waals surface area contributed by atoms with Gasteiger partial charge < -0.3 is 4.52 Å². The quantitative estimate of drug-likeness (QED) is 0.761. The smallest absolute Gasteiger partial charge is 0.231 e. The summed E-state index contributed by atoms with van der Waals surface area (Å²) in [6.45, 7) is 3.52. The molecule has 0 saturated heterocycles. The van der Waals surface area contributed by atoms with Crippen molar-refractivity contribution >= 4 is 23.4 Å². The Hall–Kier alpha value is -1.03. The van der Waals surface area contributed by atoms with Gasteiger partial charge in [0.1, 0.15) is 0 Å². The maximum absolute atomic E-state index is 11.3. The Morgan fingerprint density at radius 1 is 1.85 bits per heavy atom. The first kappa shape index (κ1) is 10.1. The van der Waals surface area contributed by atoms with Crippen LogP contribution in [0.5, 0.6) is 0 Å². The van der Waals surface area contributed by atoms with Crippen LogP contribution in [0.3, 0.4) is 0 Å². The van der Waals surface area contributed by atoms with Crippen molar-refractivity contribution in [1.82, 2.24) is 5.16 Å². The molecule has 1 amide bonds. The molecule has 1 rings (SSSR count). The molecular formula is C8H11ClN2O2. The van der Waals surface area contributed by atoms with Gasteiger partial charge in [-0.25, -0.2) is 0 Å². The van der Waals surface area contributed by atoms with E-state index in [1.807, 2.05) is 0 Å². The number of nitrogens with zero attached hydrogens (tertiary/aromatic N) is 1. The molecule has 0 fully saturated rings. The Morgan fingerprint density at radius 3 is 3.00 bits per heavy atom. The average molecular weight is 203 g/mol. The summed E-state index contributed by atoms with van der Waals surface area (Å²) in [5, 5.41) is 6.19. The molecule has 72 valence electrons. The first-order valence-electron chi connectivity index (χ1n) is 3.93. The molecule has 0 aromatic carbocycles. The molecule has 1 aromatic heterocycles. The lowest BCUT2D eigenvalue weighted by molar-refractivity contribution is -0.118. The largest absolute Gasteiger partial charge is 0.338 e. The van der Waals surface area contributed by atoms with Crippen molar-refractivity contribution in [3.05, 3.63) is 11.8 Å². The first-order valence-corrected chi connectivity index (χ1v) is 4.47. The first-order chi connectivity index (χ1) is 6.13. The summed E-state index contributed by atoms with van der Waals surface area (Å²) < 4.78 is 4.80. The van der Waals surface area contributed by atoms with E-state index in [2.05, 4.69) is 10.5 Å². The van der Waals surface area contributed by atoms with Crippen LogP contribution >= 0.6 is 11.6 Å². The maximum atomic E-state index is 11.3. The van der Waals surface area contributed by atoms with Gasteiger partial charge in [-0.3, -0.25) is 10.1 Å². The van der Waals surface area contributed by atoms with E-state index in [1.54, 1.807) is 19.9 Å². The molecule has 0 radical (unpaired) electrons. The third-order valence-electron chi connectivity index (χ3n) is 1.55. The van der Waals surface area contributed by atoms with Gasteiger partial charge in [-0.15, -0.1) is 11.6 Å². The second kappa shape index (κ2) is 4.28. The van der Waals surface area contributed by atoms with Crippen LogP contribution in [0.15, 0.2) is 10.6 Å². The van der Waals surface area contributed by atoms with Gasteiger partial charge in [0.2, 0.25) is 11.8 Å². The van der Waals surface area contributed by atoms with Gasteiger partial charge >= 0.3 is 0 Å². The molecule has 0 saturated carbocycles. The van der Waals surface area contributed by atoms with Crippen LogP contribution in [-0.2, 0) is 4.79 Å². The van der Waals surface area contributed by atoms with Crippen molar-refractivity contribution in [1.29, 1.82) is 0 Å². The van der Waals surface area contributed by atoms with Crippen LogP contribution < -0.4 is 5.32 Å². The van der Waals surface area contributed by atoms with E-state index >= 15 is 0 Å². The van der Waals surface area contributed by atoms with Crippen LogP contribution in [0.25, 0.3) is 0 Å². The lowest BCUT2D eigenvalue weighted by Crippen LogP contribution is -2.21. The molecule has 5 heteroatoms. The highest BCUT2D eigenvalue weighted by Gasteiger charge is 2.13. The van der Waals surface area contributed by atoms with E-state index in [0.717, 1.165) is 5.69 Å². The van der Waals surface area contributed by atoms with Crippen molar-refractivity contribution < 1.29 is 9.32 Å². The van der Waals surface area contributed by atoms with Crippen molar-refractivity contribution in [3.63, 3.8) is 0 Å². The Morgan fingerprint density at radius 2 is 2.54 bits per heavy atom. The van der Waals surface area contributed by atoms with Gasteiger partial charge in [-0.1, -0.05) is 12.1 Å². The van der Waals surface area contributed by atoms with E-state index in [1.165, 1.54) is 0 Å². The molecule has 1 heterocycles. The number of alkyl halides is 1. The van der Waals surface area contributed by atoms with Gasteiger partial charge in [0.05, 0.1) is 5.69 Å². The summed E-state index contributed by atoms with van der Waals surface area (Å²) in [7, 11) is 0. The van der Waals surface area contributed by atoms with Gasteiger partial charge in [0.15, 0.2) is 0 Å². The highest BCUT2D eigenvalue weighted by atomic mass is 35.5. The lowest BCUT2D eigenvalue weighted by atomic mass is 10.2. The minimum Gasteiger partial charge on any atom is -0.338 e. The van der Waals surface area contributed by atoms with Crippen LogP contribution in [0, 0.1) is 12.8 Å². The fourth-order valence-corrected chi connectivity index (χ4v) is 0.877. The van der Waals surface area contributed by atoms with Crippen LogP contribution in [0.1, 0.15) is 12.6 Å². The van der Waals surface area contributed by atoms with Crippen molar-refractivity contribution in [2.75, 3.05) is 11.2 Å². The van der Waals surface area contributed by atoms with E-state index in [4.69, 9.17) is 16.1 Å². The van der Waals surface area contributed by atoms with Crippen molar-refractivity contribution in [2.45, 2.75) is 13.8 Å². The van der Waals surface area contributed by atoms with E-state index in [9.17, 15) is 4.79 Å². The minimum atomic E-state index is -0.230. The number of aromatic nitrogens is 1. The molecule has 0 spiro atoms. The summed E-state index contributed by atoms with van der Waals surface area (Å²) in [5.74, 6) is 0.261. The SMILES string of the molecule is Cc1cc(NC(=O)C(C)CCl)on1. The highest BCUT2D eigenvalue weighted by molar-refractivity contribution is 6.19. The number of carbonyl (C=O) groups excluding carboxylic acids is 1. The predicted octanol–water partition coefficient (Wildman–Crippen LogP) is 1.80. The topological polar surface area (TPSA) is 55.1 Å². The van der Waals surface area contributed by atoms with E-state index < -0.39 is 0 Å². The molecule has 1 atom stereocenters. The summed E-state index contributed by atoms with van der Waals surface area (Å²) >= 11 is 5.51. The number of anilines is 1.